The van der Waals surface area contributed by atoms with Crippen molar-refractivity contribution in [1.82, 2.24) is 0 Å². The number of hydrogen-bond donors (Lipinski definition) is 2. The third-order valence-electron chi connectivity index (χ3n) is 3.88. The number of aromatic hydroxyl groups is 1. The van der Waals surface area contributed by atoms with Crippen molar-refractivity contribution in [3.63, 3.8) is 0 Å². The molecule has 0 unspecified atom stereocenters. The fraction of sp³-hybridized carbons (Fsp3) is 0.538. The van der Waals surface area contributed by atoms with Crippen LogP contribution in [0.2, 0.25) is 0 Å². The van der Waals surface area contributed by atoms with E-state index in [1.165, 1.54) is 0 Å². The Bertz CT molecular complexity index is 401. The van der Waals surface area contributed by atoms with Crippen molar-refractivity contribution in [3.05, 3.63) is 23.8 Å². The molecule has 0 bridgehead atoms. The van der Waals surface area contributed by atoms with E-state index in [0.717, 1.165) is 5.56 Å². The van der Waals surface area contributed by atoms with Crippen molar-refractivity contribution in [2.45, 2.75) is 19.8 Å². The van der Waals surface area contributed by atoms with Gasteiger partial charge in [0.25, 0.3) is 0 Å². The van der Waals surface area contributed by atoms with Gasteiger partial charge in [0, 0.05) is 6.07 Å². The van der Waals surface area contributed by atoms with Gasteiger partial charge in [-0.15, -0.1) is 0 Å². The Labute approximate surface area is 96.2 Å². The summed E-state index contributed by atoms with van der Waals surface area (Å²) in [4.78, 5) is 0. The summed E-state index contributed by atoms with van der Waals surface area (Å²) in [5.41, 5.74) is 6.92. The van der Waals surface area contributed by atoms with E-state index in [1.807, 2.05) is 12.1 Å². The molecular formula is C13H19NO2. The fourth-order valence-electron chi connectivity index (χ4n) is 2.71. The average molecular weight is 221 g/mol. The Hall–Kier alpha value is -1.22. The molecule has 1 saturated carbocycles. The maximum Gasteiger partial charge on any atom is 0.122 e. The van der Waals surface area contributed by atoms with Crippen LogP contribution < -0.4 is 10.5 Å². The molecule has 1 aromatic carbocycles. The zero-order valence-corrected chi connectivity index (χ0v) is 10.0. The van der Waals surface area contributed by atoms with Crippen LogP contribution in [0.15, 0.2) is 18.2 Å². The summed E-state index contributed by atoms with van der Waals surface area (Å²) in [5.74, 6) is 1.83. The number of ether oxygens (including phenoxy) is 1. The Morgan fingerprint density at radius 2 is 2.12 bits per heavy atom. The standard InChI is InChI=1S/C13H19NO2/c1-13(2)10(7-14)12(13)9-5-4-8(16-3)6-11(9)15/h4-6,10,12,15H,7,14H2,1-3H3/t10-,12-/m1/s1. The molecule has 16 heavy (non-hydrogen) atoms. The van der Waals surface area contributed by atoms with Gasteiger partial charge in [-0.25, -0.2) is 0 Å². The summed E-state index contributed by atoms with van der Waals surface area (Å²) in [7, 11) is 1.60. The van der Waals surface area contributed by atoms with Crippen LogP contribution in [0.25, 0.3) is 0 Å². The Morgan fingerprint density at radius 3 is 2.56 bits per heavy atom. The van der Waals surface area contributed by atoms with Crippen LogP contribution >= 0.6 is 0 Å². The monoisotopic (exact) mass is 221 g/mol. The molecule has 0 saturated heterocycles. The van der Waals surface area contributed by atoms with Gasteiger partial charge in [-0.2, -0.15) is 0 Å². The molecule has 0 heterocycles. The summed E-state index contributed by atoms with van der Waals surface area (Å²) in [5, 5.41) is 9.96. The number of phenols is 1. The molecule has 0 aromatic heterocycles. The molecule has 3 nitrogen and oxygen atoms in total. The largest absolute Gasteiger partial charge is 0.508 e. The van der Waals surface area contributed by atoms with Crippen molar-refractivity contribution in [2.24, 2.45) is 17.1 Å². The van der Waals surface area contributed by atoms with Crippen molar-refractivity contribution >= 4 is 0 Å². The Balaban J connectivity index is 2.30. The van der Waals surface area contributed by atoms with E-state index in [0.29, 0.717) is 29.9 Å². The van der Waals surface area contributed by atoms with Crippen LogP contribution in [-0.2, 0) is 0 Å². The lowest BCUT2D eigenvalue weighted by molar-refractivity contribution is 0.406. The van der Waals surface area contributed by atoms with Gasteiger partial charge in [0.05, 0.1) is 7.11 Å². The van der Waals surface area contributed by atoms with E-state index in [4.69, 9.17) is 10.5 Å². The molecule has 1 fully saturated rings. The summed E-state index contributed by atoms with van der Waals surface area (Å²) >= 11 is 0. The van der Waals surface area contributed by atoms with E-state index in [1.54, 1.807) is 13.2 Å². The quantitative estimate of drug-likeness (QED) is 0.821. The van der Waals surface area contributed by atoms with Crippen molar-refractivity contribution in [1.29, 1.82) is 0 Å². The molecule has 0 amide bonds. The maximum atomic E-state index is 9.96. The number of nitrogens with two attached hydrogens (primary N) is 1. The SMILES string of the molecule is COc1ccc([C@@H]2[C@@H](CN)C2(C)C)c(O)c1. The number of rotatable bonds is 3. The smallest absolute Gasteiger partial charge is 0.122 e. The molecule has 3 N–H and O–H groups in total. The molecule has 1 aliphatic rings. The third kappa shape index (κ3) is 1.55. The van der Waals surface area contributed by atoms with Crippen molar-refractivity contribution in [3.8, 4) is 11.5 Å². The second kappa shape index (κ2) is 3.67. The van der Waals surface area contributed by atoms with Crippen LogP contribution in [0.5, 0.6) is 11.5 Å². The molecule has 1 aliphatic carbocycles. The number of benzene rings is 1. The normalized spacial score (nSPS) is 26.5. The summed E-state index contributed by atoms with van der Waals surface area (Å²) in [6.45, 7) is 5.06. The van der Waals surface area contributed by atoms with E-state index in [9.17, 15) is 5.11 Å². The molecule has 88 valence electrons. The van der Waals surface area contributed by atoms with Gasteiger partial charge >= 0.3 is 0 Å². The summed E-state index contributed by atoms with van der Waals surface area (Å²) < 4.78 is 5.07. The van der Waals surface area contributed by atoms with Crippen LogP contribution in [0.4, 0.5) is 0 Å². The molecule has 2 atom stereocenters. The predicted molar refractivity (Wildman–Crippen MR) is 63.7 cm³/mol. The van der Waals surface area contributed by atoms with Gasteiger partial charge in [0.15, 0.2) is 0 Å². The second-order valence-electron chi connectivity index (χ2n) is 5.07. The molecule has 1 aromatic rings. The molecule has 3 heteroatoms. The number of phenolic OH excluding ortho intramolecular Hbond substituents is 1. The maximum absolute atomic E-state index is 9.96. The third-order valence-corrected chi connectivity index (χ3v) is 3.88. The van der Waals surface area contributed by atoms with E-state index >= 15 is 0 Å². The van der Waals surface area contributed by atoms with Gasteiger partial charge < -0.3 is 15.6 Å². The van der Waals surface area contributed by atoms with Crippen LogP contribution in [0, 0.1) is 11.3 Å². The van der Waals surface area contributed by atoms with Crippen LogP contribution in [0.3, 0.4) is 0 Å². The molecule has 2 rings (SSSR count). The average Bonchev–Trinajstić information content (AvgIpc) is 2.80. The molecular weight excluding hydrogens is 202 g/mol. The minimum atomic E-state index is 0.195. The van der Waals surface area contributed by atoms with E-state index in [-0.39, 0.29) is 5.41 Å². The topological polar surface area (TPSA) is 55.5 Å². The van der Waals surface area contributed by atoms with Crippen LogP contribution in [0.1, 0.15) is 25.3 Å². The lowest BCUT2D eigenvalue weighted by Crippen LogP contribution is -2.05. The van der Waals surface area contributed by atoms with Gasteiger partial charge in [0.1, 0.15) is 11.5 Å². The Kier molecular flexibility index (Phi) is 2.58. The van der Waals surface area contributed by atoms with E-state index in [2.05, 4.69) is 13.8 Å². The number of hydrogen-bond acceptors (Lipinski definition) is 3. The highest BCUT2D eigenvalue weighted by Crippen LogP contribution is 2.65. The van der Waals surface area contributed by atoms with Gasteiger partial charge in [-0.3, -0.25) is 0 Å². The van der Waals surface area contributed by atoms with E-state index < -0.39 is 0 Å². The number of methoxy groups -OCH3 is 1. The zero-order chi connectivity index (χ0) is 11.9. The lowest BCUT2D eigenvalue weighted by atomic mass is 10.0. The molecule has 0 spiro atoms. The highest BCUT2D eigenvalue weighted by atomic mass is 16.5. The van der Waals surface area contributed by atoms with Gasteiger partial charge in [0.2, 0.25) is 0 Å². The van der Waals surface area contributed by atoms with Crippen molar-refractivity contribution < 1.29 is 9.84 Å². The predicted octanol–water partition coefficient (Wildman–Crippen LogP) is 2.10. The minimum absolute atomic E-state index is 0.195. The first-order valence-electron chi connectivity index (χ1n) is 5.59. The first-order valence-corrected chi connectivity index (χ1v) is 5.59. The highest BCUT2D eigenvalue weighted by Gasteiger charge is 2.57. The molecule has 0 radical (unpaired) electrons. The minimum Gasteiger partial charge on any atom is -0.508 e. The van der Waals surface area contributed by atoms with Gasteiger partial charge in [-0.05, 0) is 35.4 Å². The lowest BCUT2D eigenvalue weighted by Gasteiger charge is -2.08. The zero-order valence-electron chi connectivity index (χ0n) is 10.0. The first-order chi connectivity index (χ1) is 7.52. The fourth-order valence-corrected chi connectivity index (χ4v) is 2.71. The van der Waals surface area contributed by atoms with Crippen LogP contribution in [-0.4, -0.2) is 18.8 Å². The second-order valence-corrected chi connectivity index (χ2v) is 5.07. The summed E-state index contributed by atoms with van der Waals surface area (Å²) in [6, 6.07) is 5.49. The Morgan fingerprint density at radius 1 is 1.44 bits per heavy atom. The van der Waals surface area contributed by atoms with Gasteiger partial charge in [-0.1, -0.05) is 19.9 Å². The van der Waals surface area contributed by atoms with Crippen molar-refractivity contribution in [2.75, 3.05) is 13.7 Å². The summed E-state index contributed by atoms with van der Waals surface area (Å²) in [6.07, 6.45) is 0. The highest BCUT2D eigenvalue weighted by molar-refractivity contribution is 5.46. The molecule has 0 aliphatic heterocycles. The first kappa shape index (κ1) is 11.3.